The van der Waals surface area contributed by atoms with Gasteiger partial charge in [-0.05, 0) is 6.42 Å². The van der Waals surface area contributed by atoms with E-state index in [1.165, 1.54) is 0 Å². The minimum atomic E-state index is -0.463. The second kappa shape index (κ2) is 5.85. The van der Waals surface area contributed by atoms with Crippen molar-refractivity contribution < 1.29 is 9.59 Å². The van der Waals surface area contributed by atoms with Gasteiger partial charge in [0.2, 0.25) is 5.91 Å². The summed E-state index contributed by atoms with van der Waals surface area (Å²) in [7, 11) is 0. The Morgan fingerprint density at radius 3 is 2.64 bits per heavy atom. The lowest BCUT2D eigenvalue weighted by atomic mass is 10.2. The van der Waals surface area contributed by atoms with Crippen LogP contribution in [0.4, 0.5) is 0 Å². The Hall–Kier alpha value is -0.900. The number of amides is 1. The predicted octanol–water partition coefficient (Wildman–Crippen LogP) is -0.246. The molecule has 0 saturated heterocycles. The lowest BCUT2D eigenvalue weighted by Gasteiger charge is -1.99. The maximum absolute atomic E-state index is 10.7. The van der Waals surface area contributed by atoms with E-state index in [1.807, 2.05) is 6.92 Å². The highest BCUT2D eigenvalue weighted by atomic mass is 16.2. The SMILES string of the molecule is CCCC(=O)[CH]NC(=O)[CH]N. The van der Waals surface area contributed by atoms with Gasteiger partial charge in [-0.1, -0.05) is 6.92 Å². The van der Waals surface area contributed by atoms with Crippen molar-refractivity contribution in [3.63, 3.8) is 0 Å². The first-order valence-corrected chi connectivity index (χ1v) is 3.42. The smallest absolute Gasteiger partial charge is 0.239 e. The fraction of sp³-hybridized carbons (Fsp3) is 0.429. The van der Waals surface area contributed by atoms with Crippen LogP contribution in [0, 0.1) is 13.1 Å². The number of carbonyl (C=O) groups excluding carboxylic acids is 2. The molecule has 0 rings (SSSR count). The molecule has 0 heterocycles. The summed E-state index contributed by atoms with van der Waals surface area (Å²) in [4.78, 5) is 21.2. The van der Waals surface area contributed by atoms with Crippen LogP contribution in [0.2, 0.25) is 0 Å². The van der Waals surface area contributed by atoms with Crippen molar-refractivity contribution in [3.8, 4) is 0 Å². The number of nitrogens with two attached hydrogens (primary N) is 1. The third kappa shape index (κ3) is 5.54. The summed E-state index contributed by atoms with van der Waals surface area (Å²) >= 11 is 0. The Morgan fingerprint density at radius 2 is 2.18 bits per heavy atom. The standard InChI is InChI=1S/C7H12N2O2/c1-2-3-6(10)5-9-7(11)4-8/h4-5H,2-3,8H2,1H3,(H,9,11). The van der Waals surface area contributed by atoms with E-state index in [9.17, 15) is 9.59 Å². The molecule has 0 atom stereocenters. The van der Waals surface area contributed by atoms with Gasteiger partial charge in [0.25, 0.3) is 0 Å². The van der Waals surface area contributed by atoms with Crippen molar-refractivity contribution in [1.82, 2.24) is 5.32 Å². The molecule has 0 aliphatic rings. The van der Waals surface area contributed by atoms with Gasteiger partial charge >= 0.3 is 0 Å². The Kier molecular flexibility index (Phi) is 5.37. The number of rotatable bonds is 5. The Balaban J connectivity index is 3.38. The molecule has 4 nitrogen and oxygen atoms in total. The van der Waals surface area contributed by atoms with E-state index in [-0.39, 0.29) is 5.78 Å². The zero-order valence-corrected chi connectivity index (χ0v) is 6.46. The van der Waals surface area contributed by atoms with Crippen LogP contribution < -0.4 is 11.1 Å². The molecule has 0 aromatic carbocycles. The number of ketones is 1. The molecule has 3 N–H and O–H groups in total. The molecule has 11 heavy (non-hydrogen) atoms. The average Bonchev–Trinajstić information content (AvgIpc) is 2.01. The molecule has 0 unspecified atom stereocenters. The van der Waals surface area contributed by atoms with E-state index in [2.05, 4.69) is 5.32 Å². The maximum Gasteiger partial charge on any atom is 0.239 e. The third-order valence-electron chi connectivity index (χ3n) is 1.02. The molecule has 0 fully saturated rings. The van der Waals surface area contributed by atoms with E-state index in [4.69, 9.17) is 5.73 Å². The van der Waals surface area contributed by atoms with Crippen LogP contribution in [0.15, 0.2) is 0 Å². The van der Waals surface area contributed by atoms with Gasteiger partial charge in [0, 0.05) is 6.42 Å². The van der Waals surface area contributed by atoms with Gasteiger partial charge in [-0.15, -0.1) is 0 Å². The number of nitrogens with one attached hydrogen (secondary N) is 1. The van der Waals surface area contributed by atoms with Gasteiger partial charge < -0.3 is 11.1 Å². The second-order valence-corrected chi connectivity index (χ2v) is 2.04. The molecular formula is C7H12N2O2. The Bertz CT molecular complexity index is 145. The quantitative estimate of drug-likeness (QED) is 0.576. The van der Waals surface area contributed by atoms with Crippen LogP contribution in [0.3, 0.4) is 0 Å². The van der Waals surface area contributed by atoms with Crippen LogP contribution in [-0.4, -0.2) is 11.7 Å². The summed E-state index contributed by atoms with van der Waals surface area (Å²) < 4.78 is 0. The molecule has 0 aliphatic heterocycles. The largest absolute Gasteiger partial charge is 0.342 e. The molecular weight excluding hydrogens is 144 g/mol. The highest BCUT2D eigenvalue weighted by Gasteiger charge is 2.02. The molecule has 0 spiro atoms. The van der Waals surface area contributed by atoms with Gasteiger partial charge in [0.05, 0.1) is 0 Å². The lowest BCUT2D eigenvalue weighted by Crippen LogP contribution is -2.27. The first-order chi connectivity index (χ1) is 5.20. The van der Waals surface area contributed by atoms with Crippen molar-refractivity contribution >= 4 is 11.7 Å². The highest BCUT2D eigenvalue weighted by molar-refractivity contribution is 5.93. The van der Waals surface area contributed by atoms with E-state index >= 15 is 0 Å². The molecule has 62 valence electrons. The van der Waals surface area contributed by atoms with Gasteiger partial charge in [-0.2, -0.15) is 0 Å². The topological polar surface area (TPSA) is 72.2 Å². The van der Waals surface area contributed by atoms with E-state index < -0.39 is 5.91 Å². The van der Waals surface area contributed by atoms with Crippen LogP contribution in [0.5, 0.6) is 0 Å². The van der Waals surface area contributed by atoms with Gasteiger partial charge in [-0.3, -0.25) is 9.59 Å². The van der Waals surface area contributed by atoms with Crippen LogP contribution >= 0.6 is 0 Å². The molecule has 0 aliphatic carbocycles. The second-order valence-electron chi connectivity index (χ2n) is 2.04. The maximum atomic E-state index is 10.7. The molecule has 0 aromatic rings. The average molecular weight is 156 g/mol. The van der Waals surface area contributed by atoms with Crippen molar-refractivity contribution in [2.45, 2.75) is 19.8 Å². The number of hydrogen-bond acceptors (Lipinski definition) is 3. The summed E-state index contributed by atoms with van der Waals surface area (Å²) in [5.41, 5.74) is 4.86. The monoisotopic (exact) mass is 156 g/mol. The van der Waals surface area contributed by atoms with E-state index in [1.54, 1.807) is 0 Å². The summed E-state index contributed by atoms with van der Waals surface area (Å²) in [5.74, 6) is -0.558. The molecule has 0 bridgehead atoms. The molecule has 4 heteroatoms. The Morgan fingerprint density at radius 1 is 1.55 bits per heavy atom. The molecule has 1 amide bonds. The van der Waals surface area contributed by atoms with Gasteiger partial charge in [0.15, 0.2) is 5.78 Å². The van der Waals surface area contributed by atoms with Crippen molar-refractivity contribution in [1.29, 1.82) is 0 Å². The molecule has 2 radical (unpaired) electrons. The minimum Gasteiger partial charge on any atom is -0.342 e. The van der Waals surface area contributed by atoms with Gasteiger partial charge in [-0.25, -0.2) is 0 Å². The lowest BCUT2D eigenvalue weighted by molar-refractivity contribution is -0.121. The van der Waals surface area contributed by atoms with Crippen LogP contribution in [-0.2, 0) is 9.59 Å². The van der Waals surface area contributed by atoms with Crippen LogP contribution in [0.1, 0.15) is 19.8 Å². The third-order valence-corrected chi connectivity index (χ3v) is 1.02. The zero-order chi connectivity index (χ0) is 8.69. The molecule has 0 aromatic heterocycles. The fourth-order valence-electron chi connectivity index (χ4n) is 0.518. The zero-order valence-electron chi connectivity index (χ0n) is 6.46. The van der Waals surface area contributed by atoms with Crippen LogP contribution in [0.25, 0.3) is 0 Å². The molecule has 0 saturated carbocycles. The van der Waals surface area contributed by atoms with Crippen molar-refractivity contribution in [2.75, 3.05) is 0 Å². The number of Topliss-reactive ketones (excluding diaryl/α,β-unsaturated/α-hetero) is 1. The van der Waals surface area contributed by atoms with Gasteiger partial charge in [0.1, 0.15) is 13.1 Å². The number of carbonyl (C=O) groups is 2. The van der Waals surface area contributed by atoms with E-state index in [0.717, 1.165) is 19.5 Å². The minimum absolute atomic E-state index is 0.0947. The summed E-state index contributed by atoms with van der Waals surface area (Å²) in [6, 6.07) is 0. The summed E-state index contributed by atoms with van der Waals surface area (Å²) in [6.07, 6.45) is 1.22. The Labute approximate surface area is 66.1 Å². The van der Waals surface area contributed by atoms with Crippen molar-refractivity contribution in [2.24, 2.45) is 5.73 Å². The summed E-state index contributed by atoms with van der Waals surface area (Å²) in [6.45, 7) is 3.90. The number of hydrogen-bond donors (Lipinski definition) is 2. The highest BCUT2D eigenvalue weighted by Crippen LogP contribution is 1.89. The fourth-order valence-corrected chi connectivity index (χ4v) is 0.518. The van der Waals surface area contributed by atoms with Crippen molar-refractivity contribution in [3.05, 3.63) is 13.1 Å². The predicted molar refractivity (Wildman–Crippen MR) is 40.8 cm³/mol. The normalized spacial score (nSPS) is 9.27. The first-order valence-electron chi connectivity index (χ1n) is 3.42. The summed E-state index contributed by atoms with van der Waals surface area (Å²) in [5, 5.41) is 2.22. The first kappa shape index (κ1) is 10.1. The van der Waals surface area contributed by atoms with E-state index in [0.29, 0.717) is 6.42 Å².